The maximum Gasteiger partial charge on any atom is 1.00 e. The number of nitrogens with two attached hydrogens (primary N) is 2. The number of imide groups is 5. The molecule has 27 nitrogen and oxygen atoms in total. The summed E-state index contributed by atoms with van der Waals surface area (Å²) in [6.07, 6.45) is 18.7. The first-order valence-electron chi connectivity index (χ1n) is 35.4. The number of rotatable bonds is 4. The first-order valence-corrected chi connectivity index (χ1v) is 36.8. The number of aliphatic hydroxyl groups is 2. The molecule has 2 fully saturated rings. The van der Waals surface area contributed by atoms with Crippen molar-refractivity contribution in [1.29, 1.82) is 0 Å². The third kappa shape index (κ3) is 36.5. The summed E-state index contributed by atoms with van der Waals surface area (Å²) < 4.78 is 56.5. The third-order valence-corrected chi connectivity index (χ3v) is 17.4. The van der Waals surface area contributed by atoms with E-state index < -0.39 is 68.6 Å². The largest absolute Gasteiger partial charge is 1.00 e. The van der Waals surface area contributed by atoms with Crippen LogP contribution in [0.5, 0.6) is 0 Å². The number of fused-ring (bicyclic) bond motifs is 3. The van der Waals surface area contributed by atoms with Gasteiger partial charge < -0.3 is 55.2 Å². The Bertz CT molecular complexity index is 3640. The average molecular weight is 1610 g/mol. The van der Waals surface area contributed by atoms with Crippen molar-refractivity contribution in [3.8, 4) is 0 Å². The van der Waals surface area contributed by atoms with Gasteiger partial charge in [-0.2, -0.15) is 31.9 Å². The number of nitrogens with one attached hydrogen (secondary N) is 1. The standard InChI is InChI=1S/C15H17NO3.C15H15NO2.C12H21NO2.C11H9NO4.C10H18O5.C7H15NO.C7H13N.CH4.K.H2O4S.2H2S/c1-15(19)8-6-10(7-9-15)16-13(17)11-4-2-3-5-12(11)14(16)18;1-10-6-8-11(9-7-10)16-14(17)12-4-2-3-5-13(12)15(16)18;1-9-5-7-10(8-6-9)13-11(14)15-12(2,3)4;1-2-16-11(15)12-9(13)7-5-3-4-6-8(7)10(12)14;1-9(2,3)14-7(11)13-8(12)15-10(4,5)6;1-7(9)4-2-6(8)3-5-7;1-6-2-4-7(8)5-3-6;;;1-5(2,3)4;;/h2-5,10,19H,6-9H2,1H3;2-6,11H,7-9H2,1H3;5,10H,6-8H2,1-4H3,(H,13,14);3-6H,2H2,1H3;1-6H3;6,9H,2-5,8H2,1H3;2,7H,3-5,8H2,1H3;1H4;;(H2,1,2,3,4);2*1H2/q;;;;;;;;+1;;;/p-1. The molecule has 5 aliphatic carbocycles. The number of alkyl carbamates (subject to hydrolysis) is 1. The number of hydrogen-bond acceptors (Lipinski definition) is 22. The normalized spacial score (nSPS) is 22.3. The van der Waals surface area contributed by atoms with Crippen LogP contribution in [0, 0.1) is 0 Å². The number of benzene rings is 3. The SMILES string of the molecule is C.CC(C)(C)OC(=O)OC(=O)OC(C)(C)C.CC1(O)CCC(N)CC1.CC1(O)CCC(N2C(=O)c3ccccc3C2=O)CC1.CC1=CCC(N)CC1.CC1=CCC(N2C(=O)c3ccccc3C2=O)CC1.CC1=CCC(NC(=O)OC(C)(C)C)CC1.CCOC(=O)N1C(=O)c2ccccc2C1=O.O=S(=O)([O-])O.S.S.[K+]. The van der Waals surface area contributed by atoms with E-state index >= 15 is 0 Å². The number of ether oxygens (including phenoxy) is 5. The molecule has 0 radical (unpaired) electrons. The van der Waals surface area contributed by atoms with Crippen molar-refractivity contribution >= 4 is 97.3 Å². The Morgan fingerprint density at radius 3 is 1.14 bits per heavy atom. The van der Waals surface area contributed by atoms with E-state index in [9.17, 15) is 58.2 Å². The van der Waals surface area contributed by atoms with Crippen LogP contribution in [0.2, 0.25) is 0 Å². The molecule has 11 rings (SSSR count). The van der Waals surface area contributed by atoms with Gasteiger partial charge in [0.15, 0.2) is 0 Å². The Hall–Kier alpha value is -6.17. The van der Waals surface area contributed by atoms with Crippen molar-refractivity contribution in [2.75, 3.05) is 6.61 Å². The Morgan fingerprint density at radius 2 is 0.844 bits per heavy atom. The monoisotopic (exact) mass is 1610 g/mol. The van der Waals surface area contributed by atoms with Crippen LogP contribution in [-0.4, -0.2) is 167 Å². The van der Waals surface area contributed by atoms with Gasteiger partial charge in [0.2, 0.25) is 10.4 Å². The van der Waals surface area contributed by atoms with Gasteiger partial charge in [-0.05, 0) is 249 Å². The summed E-state index contributed by atoms with van der Waals surface area (Å²) in [6.45, 7) is 27.5. The Balaban J connectivity index is 0.00000124. The van der Waals surface area contributed by atoms with Gasteiger partial charge in [-0.15, -0.1) is 0 Å². The summed E-state index contributed by atoms with van der Waals surface area (Å²) in [7, 11) is -4.92. The van der Waals surface area contributed by atoms with Gasteiger partial charge in [0, 0.05) is 30.2 Å². The molecular formula is C78H117KN6O21S3. The zero-order valence-corrected chi connectivity index (χ0v) is 71.3. The number of allylic oxidation sites excluding steroid dienone is 3. The second kappa shape index (κ2) is 46.1. The van der Waals surface area contributed by atoms with E-state index in [-0.39, 0.29) is 151 Å². The minimum absolute atomic E-state index is 0. The maximum absolute atomic E-state index is 12.3. The van der Waals surface area contributed by atoms with Crippen LogP contribution in [0.1, 0.15) is 283 Å². The van der Waals surface area contributed by atoms with Crippen LogP contribution >= 0.6 is 27.0 Å². The first kappa shape index (κ1) is 103. The molecule has 0 aromatic heterocycles. The molecule has 0 spiro atoms. The van der Waals surface area contributed by atoms with Gasteiger partial charge >= 0.3 is 75.9 Å². The molecule has 31 heteroatoms. The fourth-order valence-electron chi connectivity index (χ4n) is 11.7. The topological polar surface area (TPSA) is 409 Å². The van der Waals surface area contributed by atoms with Crippen molar-refractivity contribution in [2.24, 2.45) is 11.5 Å². The van der Waals surface area contributed by atoms with E-state index in [2.05, 4.69) is 53.8 Å². The third-order valence-electron chi connectivity index (χ3n) is 17.4. The van der Waals surface area contributed by atoms with E-state index in [0.717, 1.165) is 70.6 Å². The van der Waals surface area contributed by atoms with E-state index in [1.807, 2.05) is 34.6 Å². The molecule has 604 valence electrons. The quantitative estimate of drug-likeness (QED) is 0.0206. The van der Waals surface area contributed by atoms with E-state index in [1.54, 1.807) is 109 Å². The van der Waals surface area contributed by atoms with Gasteiger partial charge in [0.25, 0.3) is 35.4 Å². The van der Waals surface area contributed by atoms with Crippen molar-refractivity contribution in [1.82, 2.24) is 20.0 Å². The number of carbonyl (C=O) groups is 10. The Kier molecular flexibility index (Phi) is 43.5. The second-order valence-corrected chi connectivity index (χ2v) is 31.4. The van der Waals surface area contributed by atoms with Crippen LogP contribution in [0.15, 0.2) is 108 Å². The van der Waals surface area contributed by atoms with Gasteiger partial charge in [0.05, 0.1) is 51.2 Å². The molecule has 3 aromatic carbocycles. The minimum Gasteiger partial charge on any atom is -0.726 e. The molecule has 3 heterocycles. The zero-order chi connectivity index (χ0) is 79.2. The Labute approximate surface area is 700 Å². The molecule has 8 aliphatic rings. The first-order chi connectivity index (χ1) is 48.6. The van der Waals surface area contributed by atoms with Crippen LogP contribution in [-0.2, 0) is 34.1 Å². The molecule has 0 bridgehead atoms. The molecule has 3 unspecified atom stereocenters. The molecule has 2 saturated carbocycles. The van der Waals surface area contributed by atoms with Crippen molar-refractivity contribution in [2.45, 2.75) is 279 Å². The van der Waals surface area contributed by atoms with Crippen molar-refractivity contribution in [3.63, 3.8) is 0 Å². The van der Waals surface area contributed by atoms with E-state index in [1.165, 1.54) is 51.5 Å². The molecule has 3 atom stereocenters. The molecule has 0 saturated heterocycles. The molecule has 3 aliphatic heterocycles. The molecule has 3 aromatic rings. The minimum atomic E-state index is -4.92. The second-order valence-electron chi connectivity index (χ2n) is 30.5. The van der Waals surface area contributed by atoms with E-state index in [4.69, 9.17) is 43.2 Å². The predicted molar refractivity (Wildman–Crippen MR) is 419 cm³/mol. The molecule has 8 N–H and O–H groups in total. The summed E-state index contributed by atoms with van der Waals surface area (Å²) in [6, 6.07) is 21.3. The van der Waals surface area contributed by atoms with Gasteiger partial charge in [-0.3, -0.25) is 43.1 Å². The molecule has 8 amide bonds. The maximum atomic E-state index is 12.3. The van der Waals surface area contributed by atoms with Crippen LogP contribution in [0.3, 0.4) is 0 Å². The fourth-order valence-corrected chi connectivity index (χ4v) is 11.7. The summed E-state index contributed by atoms with van der Waals surface area (Å²) in [4.78, 5) is 121. The number of amides is 8. The molecule has 109 heavy (non-hydrogen) atoms. The van der Waals surface area contributed by atoms with E-state index in [0.29, 0.717) is 64.9 Å². The summed E-state index contributed by atoms with van der Waals surface area (Å²) in [5.74, 6) is -1.89. The average Bonchev–Trinajstić information content (AvgIpc) is 1.64. The fraction of sp³-hybridized carbons (Fsp3) is 0.564. The van der Waals surface area contributed by atoms with Gasteiger partial charge in [0.1, 0.15) is 16.8 Å². The number of nitrogens with zero attached hydrogens (tertiary/aromatic N) is 3. The number of carbonyl (C=O) groups excluding carboxylic acids is 10. The van der Waals surface area contributed by atoms with Crippen LogP contribution in [0.4, 0.5) is 19.2 Å². The van der Waals surface area contributed by atoms with Gasteiger partial charge in [-0.25, -0.2) is 27.6 Å². The van der Waals surface area contributed by atoms with Crippen molar-refractivity contribution in [3.05, 3.63) is 141 Å². The number of hydrogen-bond donors (Lipinski definition) is 6. The van der Waals surface area contributed by atoms with Gasteiger partial charge in [-0.1, -0.05) is 78.8 Å². The van der Waals surface area contributed by atoms with Crippen LogP contribution < -0.4 is 68.2 Å². The smallest absolute Gasteiger partial charge is 0.726 e. The van der Waals surface area contributed by atoms with Crippen molar-refractivity contribution < 1.29 is 151 Å². The molecular weight excluding hydrogens is 1490 g/mol. The predicted octanol–water partition coefficient (Wildman–Crippen LogP) is 11.0. The van der Waals surface area contributed by atoms with Crippen LogP contribution in [0.25, 0.3) is 0 Å². The zero-order valence-electron chi connectivity index (χ0n) is 65.4. The Morgan fingerprint density at radius 1 is 0.523 bits per heavy atom. The summed E-state index contributed by atoms with van der Waals surface area (Å²) in [5, 5.41) is 22.3. The summed E-state index contributed by atoms with van der Waals surface area (Å²) in [5.41, 5.74) is 15.3. The summed E-state index contributed by atoms with van der Waals surface area (Å²) >= 11 is 0.